The van der Waals surface area contributed by atoms with E-state index in [4.69, 9.17) is 5.41 Å². The summed E-state index contributed by atoms with van der Waals surface area (Å²) in [7, 11) is 0. The predicted octanol–water partition coefficient (Wildman–Crippen LogP) is 3.42. The van der Waals surface area contributed by atoms with E-state index >= 15 is 0 Å². The maximum absolute atomic E-state index is 12.8. The van der Waals surface area contributed by atoms with Crippen LogP contribution >= 0.6 is 0 Å². The first-order chi connectivity index (χ1) is 16.8. The molecule has 0 spiro atoms. The predicted molar refractivity (Wildman–Crippen MR) is 138 cm³/mol. The van der Waals surface area contributed by atoms with Gasteiger partial charge in [-0.1, -0.05) is 18.2 Å². The van der Waals surface area contributed by atoms with E-state index in [0.29, 0.717) is 44.0 Å². The SMILES string of the molecule is Cc1cncc(C(=O)N2CCC(Nc3c(C=N)nc(NCc4ccc(C)c(C)c4)[nH]c3=O)CC2)c1. The van der Waals surface area contributed by atoms with Gasteiger partial charge >= 0.3 is 0 Å². The molecule has 3 heterocycles. The lowest BCUT2D eigenvalue weighted by atomic mass is 10.0. The summed E-state index contributed by atoms with van der Waals surface area (Å²) in [5.41, 5.74) is 5.28. The maximum atomic E-state index is 12.8. The van der Waals surface area contributed by atoms with Crippen molar-refractivity contribution in [2.45, 2.75) is 46.2 Å². The molecule has 0 aliphatic carbocycles. The Morgan fingerprint density at radius 1 is 1.17 bits per heavy atom. The zero-order valence-electron chi connectivity index (χ0n) is 20.3. The number of aryl methyl sites for hydroxylation is 3. The summed E-state index contributed by atoms with van der Waals surface area (Å²) in [4.78, 5) is 38.7. The van der Waals surface area contributed by atoms with Crippen molar-refractivity contribution in [1.29, 1.82) is 5.41 Å². The maximum Gasteiger partial charge on any atom is 0.276 e. The van der Waals surface area contributed by atoms with Crippen LogP contribution < -0.4 is 16.2 Å². The van der Waals surface area contributed by atoms with Crippen molar-refractivity contribution in [3.8, 4) is 0 Å². The molecule has 1 amide bonds. The average Bonchev–Trinajstić information content (AvgIpc) is 2.86. The summed E-state index contributed by atoms with van der Waals surface area (Å²) in [6.45, 7) is 7.70. The lowest BCUT2D eigenvalue weighted by Gasteiger charge is -2.33. The highest BCUT2D eigenvalue weighted by Gasteiger charge is 2.25. The van der Waals surface area contributed by atoms with E-state index in [2.05, 4.69) is 51.6 Å². The van der Waals surface area contributed by atoms with Gasteiger partial charge in [-0.25, -0.2) is 4.98 Å². The van der Waals surface area contributed by atoms with Crippen LogP contribution in [0.3, 0.4) is 0 Å². The molecule has 9 heteroatoms. The zero-order chi connectivity index (χ0) is 24.9. The molecule has 0 radical (unpaired) electrons. The van der Waals surface area contributed by atoms with Crippen molar-refractivity contribution >= 4 is 23.8 Å². The molecule has 4 rings (SSSR count). The summed E-state index contributed by atoms with van der Waals surface area (Å²) < 4.78 is 0. The third-order valence-corrected chi connectivity index (χ3v) is 6.37. The molecule has 0 saturated carbocycles. The summed E-state index contributed by atoms with van der Waals surface area (Å²) in [6, 6.07) is 8.05. The number of benzene rings is 1. The topological polar surface area (TPSA) is 127 Å². The zero-order valence-corrected chi connectivity index (χ0v) is 20.3. The molecule has 2 aromatic heterocycles. The Hall–Kier alpha value is -4.01. The fourth-order valence-electron chi connectivity index (χ4n) is 4.20. The number of aromatic amines is 1. The second-order valence-electron chi connectivity index (χ2n) is 9.05. The Kier molecular flexibility index (Phi) is 7.24. The van der Waals surface area contributed by atoms with Crippen molar-refractivity contribution in [3.05, 3.63) is 80.5 Å². The first-order valence-corrected chi connectivity index (χ1v) is 11.8. The van der Waals surface area contributed by atoms with Gasteiger partial charge in [-0.05, 0) is 61.9 Å². The van der Waals surface area contributed by atoms with E-state index in [0.717, 1.165) is 17.3 Å². The Labute approximate surface area is 204 Å². The van der Waals surface area contributed by atoms with Gasteiger partial charge in [0.05, 0.1) is 5.56 Å². The quantitative estimate of drug-likeness (QED) is 0.390. The van der Waals surface area contributed by atoms with Gasteiger partial charge in [-0.3, -0.25) is 19.6 Å². The fourth-order valence-corrected chi connectivity index (χ4v) is 4.20. The smallest absolute Gasteiger partial charge is 0.276 e. The van der Waals surface area contributed by atoms with Crippen LogP contribution in [0.2, 0.25) is 0 Å². The van der Waals surface area contributed by atoms with Gasteiger partial charge in [-0.2, -0.15) is 0 Å². The minimum atomic E-state index is -0.328. The van der Waals surface area contributed by atoms with Crippen molar-refractivity contribution in [3.63, 3.8) is 0 Å². The van der Waals surface area contributed by atoms with E-state index in [9.17, 15) is 9.59 Å². The number of rotatable bonds is 7. The number of carbonyl (C=O) groups is 1. The van der Waals surface area contributed by atoms with Crippen LogP contribution in [0.1, 0.15) is 51.1 Å². The number of carbonyl (C=O) groups excluding carboxylic acids is 1. The van der Waals surface area contributed by atoms with Crippen LogP contribution in [-0.4, -0.2) is 51.1 Å². The van der Waals surface area contributed by atoms with Crippen molar-refractivity contribution in [2.24, 2.45) is 0 Å². The number of piperidine rings is 1. The van der Waals surface area contributed by atoms with Crippen LogP contribution in [0, 0.1) is 26.2 Å². The van der Waals surface area contributed by atoms with Crippen LogP contribution in [0.25, 0.3) is 0 Å². The fraction of sp³-hybridized carbons (Fsp3) is 0.346. The monoisotopic (exact) mass is 473 g/mol. The van der Waals surface area contributed by atoms with Crippen molar-refractivity contribution < 1.29 is 4.79 Å². The first-order valence-electron chi connectivity index (χ1n) is 11.8. The highest BCUT2D eigenvalue weighted by Crippen LogP contribution is 2.19. The van der Waals surface area contributed by atoms with Gasteiger partial charge in [0.1, 0.15) is 11.4 Å². The molecule has 35 heavy (non-hydrogen) atoms. The molecular formula is C26H31N7O2. The number of amides is 1. The Balaban J connectivity index is 1.38. The molecule has 4 N–H and O–H groups in total. The van der Waals surface area contributed by atoms with Gasteiger partial charge in [0.15, 0.2) is 0 Å². The van der Waals surface area contributed by atoms with Crippen molar-refractivity contribution in [2.75, 3.05) is 23.7 Å². The lowest BCUT2D eigenvalue weighted by Crippen LogP contribution is -2.43. The number of nitrogens with zero attached hydrogens (tertiary/aromatic N) is 3. The summed E-state index contributed by atoms with van der Waals surface area (Å²) >= 11 is 0. The molecule has 1 aliphatic rings. The third kappa shape index (κ3) is 5.74. The molecular weight excluding hydrogens is 442 g/mol. The molecule has 1 fully saturated rings. The molecule has 0 unspecified atom stereocenters. The lowest BCUT2D eigenvalue weighted by molar-refractivity contribution is 0.0718. The Morgan fingerprint density at radius 3 is 2.63 bits per heavy atom. The van der Waals surface area contributed by atoms with E-state index in [1.54, 1.807) is 12.4 Å². The summed E-state index contributed by atoms with van der Waals surface area (Å²) in [5.74, 6) is 0.294. The number of pyridine rings is 1. The minimum absolute atomic E-state index is 0.00521. The van der Waals surface area contributed by atoms with Gasteiger partial charge in [0.2, 0.25) is 5.95 Å². The highest BCUT2D eigenvalue weighted by atomic mass is 16.2. The van der Waals surface area contributed by atoms with Gasteiger partial charge < -0.3 is 20.9 Å². The molecule has 0 atom stereocenters. The molecule has 1 aromatic carbocycles. The van der Waals surface area contributed by atoms with E-state index < -0.39 is 0 Å². The van der Waals surface area contributed by atoms with E-state index in [1.165, 1.54) is 11.1 Å². The van der Waals surface area contributed by atoms with Crippen LogP contribution in [0.15, 0.2) is 41.5 Å². The number of aromatic nitrogens is 3. The van der Waals surface area contributed by atoms with Gasteiger partial charge in [0, 0.05) is 44.3 Å². The molecule has 0 bridgehead atoms. The highest BCUT2D eigenvalue weighted by molar-refractivity contribution is 5.94. The number of H-pyrrole nitrogens is 1. The van der Waals surface area contributed by atoms with Gasteiger partial charge in [0.25, 0.3) is 11.5 Å². The van der Waals surface area contributed by atoms with Gasteiger partial charge in [-0.15, -0.1) is 0 Å². The Bertz CT molecular complexity index is 1290. The molecule has 182 valence electrons. The number of hydrogen-bond acceptors (Lipinski definition) is 7. The normalized spacial score (nSPS) is 14.0. The molecule has 1 saturated heterocycles. The molecule has 9 nitrogen and oxygen atoms in total. The summed E-state index contributed by atoms with van der Waals surface area (Å²) in [5, 5.41) is 14.2. The number of anilines is 2. The summed E-state index contributed by atoms with van der Waals surface area (Å²) in [6.07, 6.45) is 5.78. The number of hydrogen-bond donors (Lipinski definition) is 4. The van der Waals surface area contributed by atoms with Crippen LogP contribution in [-0.2, 0) is 6.54 Å². The van der Waals surface area contributed by atoms with Crippen LogP contribution in [0.4, 0.5) is 11.6 Å². The standard InChI is InChI=1S/C26H31N7O2/c1-16-10-20(15-28-13-16)25(35)33-8-6-21(7-9-33)30-23-22(12-27)31-26(32-24(23)34)29-14-19-5-4-17(2)18(3)11-19/h4-5,10-13,15,21,27,30H,6-9,14H2,1-3H3,(H2,29,31,32,34). The second-order valence-corrected chi connectivity index (χ2v) is 9.05. The van der Waals surface area contributed by atoms with E-state index in [1.807, 2.05) is 24.0 Å². The van der Waals surface area contributed by atoms with Crippen molar-refractivity contribution in [1.82, 2.24) is 19.9 Å². The molecule has 3 aromatic rings. The van der Waals surface area contributed by atoms with Crippen LogP contribution in [0.5, 0.6) is 0 Å². The first kappa shape index (κ1) is 24.1. The number of nitrogens with one attached hydrogen (secondary N) is 4. The third-order valence-electron chi connectivity index (χ3n) is 6.37. The largest absolute Gasteiger partial charge is 0.376 e. The average molecular weight is 474 g/mol. The number of likely N-dealkylation sites (tertiary alicyclic amines) is 1. The Morgan fingerprint density at radius 2 is 1.94 bits per heavy atom. The minimum Gasteiger partial charge on any atom is -0.376 e. The van der Waals surface area contributed by atoms with E-state index in [-0.39, 0.29) is 28.9 Å². The molecule has 1 aliphatic heterocycles. The second kappa shape index (κ2) is 10.5.